The number of benzene rings is 4. The van der Waals surface area contributed by atoms with Crippen molar-refractivity contribution in [2.45, 2.75) is 190 Å². The third-order valence-electron chi connectivity index (χ3n) is 11.9. The van der Waals surface area contributed by atoms with Crippen LogP contribution in [-0.2, 0) is 0 Å². The van der Waals surface area contributed by atoms with E-state index in [1.54, 1.807) is 21.2 Å². The van der Waals surface area contributed by atoms with E-state index in [-0.39, 0.29) is 0 Å². The minimum atomic E-state index is -0.627. The van der Waals surface area contributed by atoms with Gasteiger partial charge in [0.2, 0.25) is 0 Å². The highest BCUT2D eigenvalue weighted by molar-refractivity contribution is 7.74. The highest BCUT2D eigenvalue weighted by atomic mass is 31.1. The van der Waals surface area contributed by atoms with Crippen LogP contribution in [-0.4, -0.2) is 11.3 Å². The zero-order valence-corrected chi connectivity index (χ0v) is 40.1. The summed E-state index contributed by atoms with van der Waals surface area (Å²) in [5.74, 6) is 3.97. The van der Waals surface area contributed by atoms with Crippen LogP contribution in [0.3, 0.4) is 0 Å². The van der Waals surface area contributed by atoms with Crippen molar-refractivity contribution in [1.29, 1.82) is 0 Å². The molecule has 0 bridgehead atoms. The molecule has 0 aliphatic rings. The van der Waals surface area contributed by atoms with Gasteiger partial charge >= 0.3 is 0 Å². The summed E-state index contributed by atoms with van der Waals surface area (Å²) in [7, 11) is -1.25. The molecule has 2 heteroatoms. The van der Waals surface area contributed by atoms with Crippen LogP contribution >= 0.6 is 15.8 Å². The van der Waals surface area contributed by atoms with Crippen molar-refractivity contribution in [2.75, 3.05) is 0 Å². The van der Waals surface area contributed by atoms with Gasteiger partial charge in [-0.15, -0.1) is 0 Å². The molecule has 0 spiro atoms. The predicted octanol–water partition coefficient (Wildman–Crippen LogP) is 15.4. The Kier molecular flexibility index (Phi) is 16.1. The lowest BCUT2D eigenvalue weighted by molar-refractivity contribution is 0.791. The van der Waals surface area contributed by atoms with Gasteiger partial charge in [0.15, 0.2) is 0 Å². The minimum absolute atomic E-state index is 0.497. The molecule has 0 fully saturated rings. The summed E-state index contributed by atoms with van der Waals surface area (Å²) < 4.78 is 0. The first-order valence-electron chi connectivity index (χ1n) is 21.9. The summed E-state index contributed by atoms with van der Waals surface area (Å²) >= 11 is 0. The van der Waals surface area contributed by atoms with Crippen molar-refractivity contribution in [3.8, 4) is 0 Å². The lowest BCUT2D eigenvalue weighted by Gasteiger charge is -2.34. The van der Waals surface area contributed by atoms with Gasteiger partial charge in [-0.2, -0.15) is 0 Å². The Morgan fingerprint density at radius 1 is 0.255 bits per heavy atom. The fraction of sp³-hybridized carbons (Fsp3) is 0.547. The molecular formula is C53H78P2. The molecule has 0 radical (unpaired) electrons. The lowest BCUT2D eigenvalue weighted by atomic mass is 9.96. The SMILES string of the molecule is CC(C)c1cc(C(C)C)cc(P(c2cc(C(C)C)cc(C(C)C)c2)C(C)CC(C)P(c2cc(C(C)C)cc(C(C)C)c2)c2cc(C(C)C)cc(C(C)C)c2)c1. The van der Waals surface area contributed by atoms with Crippen molar-refractivity contribution in [1.82, 2.24) is 0 Å². The predicted molar refractivity (Wildman–Crippen MR) is 254 cm³/mol. The second-order valence-electron chi connectivity index (χ2n) is 19.3. The smallest absolute Gasteiger partial charge is 0.0151 e. The molecule has 0 amide bonds. The van der Waals surface area contributed by atoms with Gasteiger partial charge in [-0.1, -0.05) is 197 Å². The maximum atomic E-state index is 2.61. The molecule has 2 atom stereocenters. The second kappa shape index (κ2) is 19.5. The molecule has 0 aromatic heterocycles. The molecule has 0 aliphatic heterocycles. The van der Waals surface area contributed by atoms with E-state index in [0.29, 0.717) is 58.7 Å². The van der Waals surface area contributed by atoms with Gasteiger partial charge < -0.3 is 0 Å². The van der Waals surface area contributed by atoms with E-state index >= 15 is 0 Å². The van der Waals surface area contributed by atoms with Gasteiger partial charge in [0.05, 0.1) is 0 Å². The van der Waals surface area contributed by atoms with Gasteiger partial charge in [0, 0.05) is 0 Å². The van der Waals surface area contributed by atoms with Crippen LogP contribution in [0.25, 0.3) is 0 Å². The monoisotopic (exact) mass is 777 g/mol. The summed E-state index contributed by atoms with van der Waals surface area (Å²) in [6.07, 6.45) is 1.19. The molecule has 2 unspecified atom stereocenters. The van der Waals surface area contributed by atoms with Crippen LogP contribution in [0.4, 0.5) is 0 Å². The van der Waals surface area contributed by atoms with E-state index in [2.05, 4.69) is 197 Å². The Bertz CT molecular complexity index is 1490. The molecule has 4 aromatic rings. The average Bonchev–Trinajstić information content (AvgIpc) is 3.11. The van der Waals surface area contributed by atoms with Crippen LogP contribution in [0.2, 0.25) is 0 Å². The van der Waals surface area contributed by atoms with Crippen molar-refractivity contribution >= 4 is 37.1 Å². The quantitative estimate of drug-likeness (QED) is 0.0994. The van der Waals surface area contributed by atoms with Crippen LogP contribution in [0, 0.1) is 0 Å². The van der Waals surface area contributed by atoms with E-state index in [0.717, 1.165) is 0 Å². The molecule has 55 heavy (non-hydrogen) atoms. The number of hydrogen-bond donors (Lipinski definition) is 0. The number of rotatable bonds is 16. The van der Waals surface area contributed by atoms with Crippen molar-refractivity contribution in [3.63, 3.8) is 0 Å². The summed E-state index contributed by atoms with van der Waals surface area (Å²) in [6.45, 7) is 43.1. The average molecular weight is 777 g/mol. The minimum Gasteiger partial charge on any atom is -0.0587 e. The van der Waals surface area contributed by atoms with Crippen molar-refractivity contribution in [3.05, 3.63) is 117 Å². The molecule has 4 rings (SSSR count). The van der Waals surface area contributed by atoms with E-state index < -0.39 is 15.8 Å². The number of hydrogen-bond acceptors (Lipinski definition) is 0. The topological polar surface area (TPSA) is 0 Å². The maximum Gasteiger partial charge on any atom is -0.0151 e. The van der Waals surface area contributed by atoms with Gasteiger partial charge in [0.25, 0.3) is 0 Å². The third-order valence-corrected chi connectivity index (χ3v) is 17.3. The lowest BCUT2D eigenvalue weighted by Crippen LogP contribution is -2.28. The molecule has 0 nitrogen and oxygen atoms in total. The molecule has 0 saturated carbocycles. The first-order valence-corrected chi connectivity index (χ1v) is 24.7. The largest absolute Gasteiger partial charge is 0.0587 e. The molecule has 0 heterocycles. The van der Waals surface area contributed by atoms with Gasteiger partial charge in [-0.3, -0.25) is 0 Å². The van der Waals surface area contributed by atoms with E-state index in [1.807, 2.05) is 0 Å². The summed E-state index contributed by atoms with van der Waals surface area (Å²) in [5, 5.41) is 6.27. The molecule has 0 N–H and O–H groups in total. The Balaban J connectivity index is 1.99. The third kappa shape index (κ3) is 11.4. The first kappa shape index (κ1) is 45.4. The molecule has 300 valence electrons. The van der Waals surface area contributed by atoms with Crippen LogP contribution in [0.5, 0.6) is 0 Å². The van der Waals surface area contributed by atoms with Crippen molar-refractivity contribution < 1.29 is 0 Å². The fourth-order valence-electron chi connectivity index (χ4n) is 7.88. The van der Waals surface area contributed by atoms with Crippen molar-refractivity contribution in [2.24, 2.45) is 0 Å². The molecule has 0 aliphatic carbocycles. The first-order chi connectivity index (χ1) is 25.7. The second-order valence-corrected chi connectivity index (χ2v) is 24.7. The van der Waals surface area contributed by atoms with Gasteiger partial charge in [0.1, 0.15) is 0 Å². The molecule has 4 aromatic carbocycles. The van der Waals surface area contributed by atoms with E-state index in [9.17, 15) is 0 Å². The Morgan fingerprint density at radius 3 is 0.527 bits per heavy atom. The Labute approximate surface area is 342 Å². The highest BCUT2D eigenvalue weighted by Crippen LogP contribution is 2.50. The van der Waals surface area contributed by atoms with E-state index in [1.165, 1.54) is 50.9 Å². The fourth-order valence-corrected chi connectivity index (χ4v) is 14.0. The normalized spacial score (nSPS) is 13.7. The molecular weight excluding hydrogens is 699 g/mol. The zero-order chi connectivity index (χ0) is 41.0. The maximum absolute atomic E-state index is 2.61. The van der Waals surface area contributed by atoms with E-state index in [4.69, 9.17) is 0 Å². The van der Waals surface area contributed by atoms with Gasteiger partial charge in [-0.25, -0.2) is 0 Å². The summed E-state index contributed by atoms with van der Waals surface area (Å²) in [4.78, 5) is 0. The summed E-state index contributed by atoms with van der Waals surface area (Å²) in [6, 6.07) is 30.8. The standard InChI is InChI=1S/C53H78P2/c1-32(2)42-20-43(33(3)4)25-50(24-42)54(51-26-44(34(5)6)21-45(27-51)35(7)8)40(17)19-41(18)55(52-28-46(36(9)10)22-47(29-52)37(11)12)53-30-48(38(13)14)23-49(31-53)39(15)16/h20-41H,19H2,1-18H3. The molecule has 0 saturated heterocycles. The summed E-state index contributed by atoms with van der Waals surface area (Å²) in [5.41, 5.74) is 12.9. The zero-order valence-electron chi connectivity index (χ0n) is 38.3. The van der Waals surface area contributed by atoms with Crippen LogP contribution in [0.1, 0.15) is 223 Å². The Hall–Kier alpha value is -2.26. The Morgan fingerprint density at radius 2 is 0.400 bits per heavy atom. The highest BCUT2D eigenvalue weighted by Gasteiger charge is 2.31. The van der Waals surface area contributed by atoms with Gasteiger partial charge in [-0.05, 0) is 147 Å². The van der Waals surface area contributed by atoms with Crippen LogP contribution < -0.4 is 21.2 Å². The van der Waals surface area contributed by atoms with Crippen LogP contribution in [0.15, 0.2) is 72.8 Å².